The van der Waals surface area contributed by atoms with Crippen molar-refractivity contribution in [1.29, 1.82) is 0 Å². The van der Waals surface area contributed by atoms with E-state index in [-0.39, 0.29) is 36.5 Å². The fraction of sp³-hybridized carbons (Fsp3) is 0.556. The van der Waals surface area contributed by atoms with E-state index in [1.165, 1.54) is 6.20 Å². The van der Waals surface area contributed by atoms with Crippen LogP contribution in [0.3, 0.4) is 0 Å². The van der Waals surface area contributed by atoms with Crippen molar-refractivity contribution in [3.05, 3.63) is 29.8 Å². The topological polar surface area (TPSA) is 122 Å². The summed E-state index contributed by atoms with van der Waals surface area (Å²) in [6, 6.07) is 3.57. The maximum Gasteiger partial charge on any atom is 0.407 e. The summed E-state index contributed by atoms with van der Waals surface area (Å²) in [5.74, 6) is 1.01. The molecule has 1 aliphatic carbocycles. The second-order valence-corrected chi connectivity index (χ2v) is 6.89. The normalized spacial score (nSPS) is 20.2. The van der Waals surface area contributed by atoms with E-state index in [0.717, 1.165) is 31.4 Å². The van der Waals surface area contributed by atoms with Crippen molar-refractivity contribution in [2.24, 2.45) is 0 Å². The van der Waals surface area contributed by atoms with Gasteiger partial charge in [-0.3, -0.25) is 9.89 Å². The number of aromatic nitrogens is 3. The fourth-order valence-electron chi connectivity index (χ4n) is 3.15. The minimum absolute atomic E-state index is 0.0827. The number of amides is 2. The van der Waals surface area contributed by atoms with Crippen LogP contribution in [0.2, 0.25) is 0 Å². The Morgan fingerprint density at radius 1 is 1.44 bits per heavy atom. The molecule has 3 N–H and O–H groups in total. The summed E-state index contributed by atoms with van der Waals surface area (Å²) in [5.41, 5.74) is 0.949. The minimum Gasteiger partial charge on any atom is -0.447 e. The van der Waals surface area contributed by atoms with Crippen LogP contribution in [0.1, 0.15) is 56.9 Å². The lowest BCUT2D eigenvalue weighted by Crippen LogP contribution is -2.35. The second-order valence-electron chi connectivity index (χ2n) is 6.89. The second kappa shape index (κ2) is 8.70. The Morgan fingerprint density at radius 3 is 3.04 bits per heavy atom. The van der Waals surface area contributed by atoms with Gasteiger partial charge in [-0.1, -0.05) is 12.1 Å². The number of nitrogens with zero attached hydrogens (tertiary/aromatic N) is 2. The molecule has 146 valence electrons. The maximum absolute atomic E-state index is 12.0. The zero-order valence-corrected chi connectivity index (χ0v) is 15.5. The molecule has 1 fully saturated rings. The number of alkyl carbamates (subject to hydrolysis) is 1. The average Bonchev–Trinajstić information content (AvgIpc) is 3.36. The Labute approximate surface area is 157 Å². The van der Waals surface area contributed by atoms with Crippen molar-refractivity contribution in [3.8, 4) is 0 Å². The molecule has 9 heteroatoms. The Kier molecular flexibility index (Phi) is 6.10. The zero-order chi connectivity index (χ0) is 19.2. The van der Waals surface area contributed by atoms with Crippen LogP contribution in [-0.4, -0.2) is 39.5 Å². The number of carbonyl (C=O) groups is 2. The highest BCUT2D eigenvalue weighted by Gasteiger charge is 2.29. The summed E-state index contributed by atoms with van der Waals surface area (Å²) in [5, 5.41) is 16.4. The standard InChI is InChI=1S/C18H25N5O4/c1-3-11(2)26-18(25)20-13-5-4-12(8-13)15-10-16(23-22-15)21-17(24)9-14-6-7-19-27-14/h6-7,10-13H,3-5,8-9H2,1-2H3,(H,20,25)(H2,21,22,23,24). The van der Waals surface area contributed by atoms with Crippen LogP contribution in [0.15, 0.2) is 22.9 Å². The van der Waals surface area contributed by atoms with Crippen molar-refractivity contribution >= 4 is 17.8 Å². The summed E-state index contributed by atoms with van der Waals surface area (Å²) in [7, 11) is 0. The average molecular weight is 375 g/mol. The number of nitrogens with one attached hydrogen (secondary N) is 3. The molecule has 2 aromatic heterocycles. The molecule has 0 saturated heterocycles. The molecule has 9 nitrogen and oxygen atoms in total. The molecule has 0 spiro atoms. The van der Waals surface area contributed by atoms with Gasteiger partial charge in [0, 0.05) is 29.8 Å². The summed E-state index contributed by atoms with van der Waals surface area (Å²) >= 11 is 0. The number of rotatable bonds is 7. The van der Waals surface area contributed by atoms with Crippen LogP contribution >= 0.6 is 0 Å². The number of H-pyrrole nitrogens is 1. The first kappa shape index (κ1) is 18.9. The highest BCUT2D eigenvalue weighted by atomic mass is 16.6. The van der Waals surface area contributed by atoms with Crippen molar-refractivity contribution < 1.29 is 18.8 Å². The van der Waals surface area contributed by atoms with E-state index >= 15 is 0 Å². The minimum atomic E-state index is -0.361. The molecular formula is C18H25N5O4. The molecule has 0 radical (unpaired) electrons. The third-order valence-corrected chi connectivity index (χ3v) is 4.77. The molecule has 0 bridgehead atoms. The summed E-state index contributed by atoms with van der Waals surface area (Å²) in [6.45, 7) is 3.85. The van der Waals surface area contributed by atoms with Gasteiger partial charge >= 0.3 is 6.09 Å². The third-order valence-electron chi connectivity index (χ3n) is 4.77. The van der Waals surface area contributed by atoms with Gasteiger partial charge in [0.25, 0.3) is 0 Å². The maximum atomic E-state index is 12.0. The molecule has 3 atom stereocenters. The monoisotopic (exact) mass is 375 g/mol. The number of carbonyl (C=O) groups excluding carboxylic acids is 2. The highest BCUT2D eigenvalue weighted by molar-refractivity contribution is 5.91. The van der Waals surface area contributed by atoms with E-state index in [1.54, 1.807) is 6.07 Å². The van der Waals surface area contributed by atoms with Crippen LogP contribution in [-0.2, 0) is 16.0 Å². The molecule has 3 unspecified atom stereocenters. The van der Waals surface area contributed by atoms with E-state index in [2.05, 4.69) is 26.0 Å². The van der Waals surface area contributed by atoms with Crippen LogP contribution < -0.4 is 10.6 Å². The lowest BCUT2D eigenvalue weighted by Gasteiger charge is -2.16. The largest absolute Gasteiger partial charge is 0.447 e. The zero-order valence-electron chi connectivity index (χ0n) is 15.5. The molecule has 1 aliphatic rings. The SMILES string of the molecule is CCC(C)OC(=O)NC1CCC(c2cc(NC(=O)Cc3ccno3)n[nH]2)C1. The van der Waals surface area contributed by atoms with Crippen LogP contribution in [0.5, 0.6) is 0 Å². The highest BCUT2D eigenvalue weighted by Crippen LogP contribution is 2.34. The molecule has 2 amide bonds. The smallest absolute Gasteiger partial charge is 0.407 e. The number of aromatic amines is 1. The van der Waals surface area contributed by atoms with Gasteiger partial charge in [-0.05, 0) is 32.6 Å². The Morgan fingerprint density at radius 2 is 2.30 bits per heavy atom. The van der Waals surface area contributed by atoms with E-state index in [0.29, 0.717) is 11.6 Å². The first-order chi connectivity index (χ1) is 13.0. The van der Waals surface area contributed by atoms with E-state index in [4.69, 9.17) is 9.26 Å². The van der Waals surface area contributed by atoms with E-state index in [1.807, 2.05) is 19.9 Å². The van der Waals surface area contributed by atoms with E-state index < -0.39 is 0 Å². The lowest BCUT2D eigenvalue weighted by molar-refractivity contribution is -0.115. The van der Waals surface area contributed by atoms with Crippen molar-refractivity contribution in [1.82, 2.24) is 20.7 Å². The quantitative estimate of drug-likeness (QED) is 0.684. The van der Waals surface area contributed by atoms with Crippen molar-refractivity contribution in [2.75, 3.05) is 5.32 Å². The van der Waals surface area contributed by atoms with Gasteiger partial charge in [0.1, 0.15) is 11.9 Å². The van der Waals surface area contributed by atoms with Gasteiger partial charge in [0.15, 0.2) is 5.82 Å². The molecule has 0 aliphatic heterocycles. The number of hydrogen-bond acceptors (Lipinski definition) is 6. The van der Waals surface area contributed by atoms with Gasteiger partial charge in [-0.2, -0.15) is 5.10 Å². The first-order valence-electron chi connectivity index (χ1n) is 9.25. The lowest BCUT2D eigenvalue weighted by atomic mass is 10.0. The molecule has 27 heavy (non-hydrogen) atoms. The van der Waals surface area contributed by atoms with Gasteiger partial charge in [0.2, 0.25) is 5.91 Å². The number of ether oxygens (including phenoxy) is 1. The van der Waals surface area contributed by atoms with Gasteiger partial charge in [0.05, 0.1) is 12.6 Å². The van der Waals surface area contributed by atoms with Gasteiger partial charge < -0.3 is 19.9 Å². The van der Waals surface area contributed by atoms with Crippen LogP contribution in [0.25, 0.3) is 0 Å². The van der Waals surface area contributed by atoms with Crippen molar-refractivity contribution in [3.63, 3.8) is 0 Å². The fourth-order valence-corrected chi connectivity index (χ4v) is 3.15. The number of hydrogen-bond donors (Lipinski definition) is 3. The predicted octanol–water partition coefficient (Wildman–Crippen LogP) is 2.74. The Balaban J connectivity index is 1.47. The molecule has 3 rings (SSSR count). The Bertz CT molecular complexity index is 758. The predicted molar refractivity (Wildman–Crippen MR) is 97.2 cm³/mol. The molecular weight excluding hydrogens is 350 g/mol. The van der Waals surface area contributed by atoms with Crippen molar-refractivity contribution in [2.45, 2.75) is 64.0 Å². The molecule has 2 aromatic rings. The summed E-state index contributed by atoms with van der Waals surface area (Å²) in [4.78, 5) is 23.8. The van der Waals surface area contributed by atoms with E-state index in [9.17, 15) is 9.59 Å². The summed E-state index contributed by atoms with van der Waals surface area (Å²) < 4.78 is 10.2. The number of anilines is 1. The Hall–Kier alpha value is -2.84. The van der Waals surface area contributed by atoms with Gasteiger partial charge in [-0.15, -0.1) is 0 Å². The van der Waals surface area contributed by atoms with Crippen LogP contribution in [0, 0.1) is 0 Å². The first-order valence-corrected chi connectivity index (χ1v) is 9.25. The summed E-state index contributed by atoms with van der Waals surface area (Å²) in [6.07, 6.45) is 4.57. The molecule has 2 heterocycles. The third kappa shape index (κ3) is 5.32. The molecule has 1 saturated carbocycles. The van der Waals surface area contributed by atoms with Crippen LogP contribution in [0.4, 0.5) is 10.6 Å². The van der Waals surface area contributed by atoms with Gasteiger partial charge in [-0.25, -0.2) is 4.79 Å². The molecule has 0 aromatic carbocycles.